The van der Waals surface area contributed by atoms with Gasteiger partial charge in [0.2, 0.25) is 0 Å². The van der Waals surface area contributed by atoms with Gasteiger partial charge in [-0.1, -0.05) is 0 Å². The highest BCUT2D eigenvalue weighted by Crippen LogP contribution is 2.19. The van der Waals surface area contributed by atoms with E-state index in [4.69, 9.17) is 0 Å². The second-order valence-electron chi connectivity index (χ2n) is 4.85. The molecule has 0 amide bonds. The third-order valence-electron chi connectivity index (χ3n) is 3.83. The number of hydrogen-bond donors (Lipinski definition) is 1. The van der Waals surface area contributed by atoms with Crippen LogP contribution in [-0.4, -0.2) is 62.2 Å². The minimum atomic E-state index is 0.808. The van der Waals surface area contributed by atoms with Crippen molar-refractivity contribution in [2.75, 3.05) is 40.3 Å². The first-order valence-electron chi connectivity index (χ1n) is 5.88. The molecule has 0 bridgehead atoms. The lowest BCUT2D eigenvalue weighted by Crippen LogP contribution is -2.46. The highest BCUT2D eigenvalue weighted by Gasteiger charge is 2.28. The standard InChI is InChI=1S/C11H23N3/c1-13-8-5-11(9-13)14(2)10-3-6-12-7-4-10/h10-12H,3-9H2,1-2H3. The molecule has 2 rings (SSSR count). The molecule has 0 aromatic rings. The Balaban J connectivity index is 1.84. The van der Waals surface area contributed by atoms with Gasteiger partial charge < -0.3 is 10.2 Å². The summed E-state index contributed by atoms with van der Waals surface area (Å²) in [6.45, 7) is 4.95. The molecule has 0 aliphatic carbocycles. The van der Waals surface area contributed by atoms with Gasteiger partial charge in [-0.15, -0.1) is 0 Å². The number of piperidine rings is 1. The molecule has 0 saturated carbocycles. The molecule has 0 radical (unpaired) electrons. The zero-order valence-corrected chi connectivity index (χ0v) is 9.50. The van der Waals surface area contributed by atoms with Gasteiger partial charge in [0, 0.05) is 18.6 Å². The summed E-state index contributed by atoms with van der Waals surface area (Å²) in [6, 6.07) is 1.64. The number of likely N-dealkylation sites (tertiary alicyclic amines) is 1. The van der Waals surface area contributed by atoms with Crippen molar-refractivity contribution in [3.05, 3.63) is 0 Å². The van der Waals surface area contributed by atoms with Gasteiger partial charge in [-0.25, -0.2) is 0 Å². The normalized spacial score (nSPS) is 31.5. The maximum atomic E-state index is 3.43. The van der Waals surface area contributed by atoms with Gasteiger partial charge in [0.05, 0.1) is 0 Å². The number of rotatable bonds is 2. The van der Waals surface area contributed by atoms with Crippen molar-refractivity contribution in [1.82, 2.24) is 15.1 Å². The van der Waals surface area contributed by atoms with Crippen LogP contribution in [0.15, 0.2) is 0 Å². The van der Waals surface area contributed by atoms with Crippen LogP contribution in [0.1, 0.15) is 19.3 Å². The third kappa shape index (κ3) is 2.27. The molecule has 0 aromatic carbocycles. The van der Waals surface area contributed by atoms with Crippen molar-refractivity contribution in [2.45, 2.75) is 31.3 Å². The maximum Gasteiger partial charge on any atom is 0.0235 e. The number of hydrogen-bond acceptors (Lipinski definition) is 3. The van der Waals surface area contributed by atoms with E-state index in [0.717, 1.165) is 12.1 Å². The van der Waals surface area contributed by atoms with Crippen LogP contribution in [0.5, 0.6) is 0 Å². The monoisotopic (exact) mass is 197 g/mol. The molecule has 1 unspecified atom stereocenters. The molecule has 2 heterocycles. The van der Waals surface area contributed by atoms with Gasteiger partial charge >= 0.3 is 0 Å². The van der Waals surface area contributed by atoms with E-state index in [1.807, 2.05) is 0 Å². The average Bonchev–Trinajstić information content (AvgIpc) is 2.65. The summed E-state index contributed by atoms with van der Waals surface area (Å²) < 4.78 is 0. The Bertz CT molecular complexity index is 173. The van der Waals surface area contributed by atoms with Crippen molar-refractivity contribution in [2.24, 2.45) is 0 Å². The number of likely N-dealkylation sites (N-methyl/N-ethyl adjacent to an activating group) is 2. The summed E-state index contributed by atoms with van der Waals surface area (Å²) in [5.41, 5.74) is 0. The fraction of sp³-hybridized carbons (Fsp3) is 1.00. The van der Waals surface area contributed by atoms with Crippen LogP contribution >= 0.6 is 0 Å². The minimum absolute atomic E-state index is 0.808. The number of nitrogens with one attached hydrogen (secondary N) is 1. The summed E-state index contributed by atoms with van der Waals surface area (Å²) in [6.07, 6.45) is 4.02. The molecule has 1 atom stereocenters. The van der Waals surface area contributed by atoms with Gasteiger partial charge in [0.15, 0.2) is 0 Å². The van der Waals surface area contributed by atoms with Crippen LogP contribution in [0, 0.1) is 0 Å². The van der Waals surface area contributed by atoms with Gasteiger partial charge in [-0.05, 0) is 53.0 Å². The van der Waals surface area contributed by atoms with Crippen LogP contribution in [0.25, 0.3) is 0 Å². The Kier molecular flexibility index (Phi) is 3.42. The van der Waals surface area contributed by atoms with E-state index in [0.29, 0.717) is 0 Å². The first-order chi connectivity index (χ1) is 6.77. The van der Waals surface area contributed by atoms with Crippen LogP contribution in [0.3, 0.4) is 0 Å². The molecular formula is C11H23N3. The second kappa shape index (κ2) is 4.60. The zero-order chi connectivity index (χ0) is 9.97. The largest absolute Gasteiger partial charge is 0.317 e. The van der Waals surface area contributed by atoms with Crippen molar-refractivity contribution in [3.63, 3.8) is 0 Å². The predicted octanol–water partition coefficient (Wildman–Crippen LogP) is 0.374. The molecule has 0 aromatic heterocycles. The Morgan fingerprint density at radius 3 is 2.43 bits per heavy atom. The van der Waals surface area contributed by atoms with E-state index < -0.39 is 0 Å². The van der Waals surface area contributed by atoms with Gasteiger partial charge in [-0.3, -0.25) is 4.90 Å². The average molecular weight is 197 g/mol. The quantitative estimate of drug-likeness (QED) is 0.690. The fourth-order valence-corrected chi connectivity index (χ4v) is 2.76. The molecule has 2 aliphatic rings. The molecule has 2 saturated heterocycles. The third-order valence-corrected chi connectivity index (χ3v) is 3.83. The lowest BCUT2D eigenvalue weighted by atomic mass is 10.0. The van der Waals surface area contributed by atoms with Crippen LogP contribution in [-0.2, 0) is 0 Å². The Morgan fingerprint density at radius 2 is 1.86 bits per heavy atom. The van der Waals surface area contributed by atoms with Crippen LogP contribution < -0.4 is 5.32 Å². The first-order valence-corrected chi connectivity index (χ1v) is 5.88. The van der Waals surface area contributed by atoms with E-state index in [-0.39, 0.29) is 0 Å². The van der Waals surface area contributed by atoms with E-state index in [9.17, 15) is 0 Å². The fourth-order valence-electron chi connectivity index (χ4n) is 2.76. The highest BCUT2D eigenvalue weighted by atomic mass is 15.2. The number of nitrogens with zero attached hydrogens (tertiary/aromatic N) is 2. The molecule has 1 N–H and O–H groups in total. The molecule has 3 heteroatoms. The lowest BCUT2D eigenvalue weighted by Gasteiger charge is -2.35. The summed E-state index contributed by atoms with van der Waals surface area (Å²) >= 11 is 0. The van der Waals surface area contributed by atoms with Crippen molar-refractivity contribution >= 4 is 0 Å². The van der Waals surface area contributed by atoms with Gasteiger partial charge in [0.25, 0.3) is 0 Å². The first kappa shape index (κ1) is 10.4. The van der Waals surface area contributed by atoms with Crippen LogP contribution in [0.2, 0.25) is 0 Å². The predicted molar refractivity (Wildman–Crippen MR) is 59.6 cm³/mol. The summed E-state index contributed by atoms with van der Waals surface area (Å²) in [5, 5.41) is 3.43. The van der Waals surface area contributed by atoms with Gasteiger partial charge in [0.1, 0.15) is 0 Å². The summed E-state index contributed by atoms with van der Waals surface area (Å²) in [5.74, 6) is 0. The minimum Gasteiger partial charge on any atom is -0.317 e. The van der Waals surface area contributed by atoms with Crippen molar-refractivity contribution in [3.8, 4) is 0 Å². The molecule has 82 valence electrons. The SMILES string of the molecule is CN1CCC(N(C)C2CCNCC2)C1. The van der Waals surface area contributed by atoms with E-state index in [1.54, 1.807) is 0 Å². The van der Waals surface area contributed by atoms with E-state index >= 15 is 0 Å². The Labute approximate surface area is 87.4 Å². The Morgan fingerprint density at radius 1 is 1.14 bits per heavy atom. The van der Waals surface area contributed by atoms with E-state index in [2.05, 4.69) is 29.2 Å². The summed E-state index contributed by atoms with van der Waals surface area (Å²) in [4.78, 5) is 5.08. The Hall–Kier alpha value is -0.120. The summed E-state index contributed by atoms with van der Waals surface area (Å²) in [7, 11) is 4.55. The topological polar surface area (TPSA) is 18.5 Å². The maximum absolute atomic E-state index is 3.43. The van der Waals surface area contributed by atoms with Gasteiger partial charge in [-0.2, -0.15) is 0 Å². The lowest BCUT2D eigenvalue weighted by molar-refractivity contribution is 0.145. The molecule has 3 nitrogen and oxygen atoms in total. The van der Waals surface area contributed by atoms with Crippen molar-refractivity contribution in [1.29, 1.82) is 0 Å². The van der Waals surface area contributed by atoms with E-state index in [1.165, 1.54) is 45.4 Å². The molecular weight excluding hydrogens is 174 g/mol. The zero-order valence-electron chi connectivity index (χ0n) is 9.50. The smallest absolute Gasteiger partial charge is 0.0235 e. The molecule has 14 heavy (non-hydrogen) atoms. The molecule has 2 fully saturated rings. The molecule has 0 spiro atoms. The van der Waals surface area contributed by atoms with Crippen LogP contribution in [0.4, 0.5) is 0 Å². The van der Waals surface area contributed by atoms with Crippen molar-refractivity contribution < 1.29 is 0 Å². The molecule has 2 aliphatic heterocycles. The second-order valence-corrected chi connectivity index (χ2v) is 4.85. The highest BCUT2D eigenvalue weighted by molar-refractivity contribution is 4.85.